The van der Waals surface area contributed by atoms with Crippen molar-refractivity contribution < 1.29 is 47.9 Å². The van der Waals surface area contributed by atoms with Crippen LogP contribution in [0.15, 0.2) is 36.4 Å². The van der Waals surface area contributed by atoms with Crippen LogP contribution >= 0.6 is 23.2 Å². The summed E-state index contributed by atoms with van der Waals surface area (Å²) in [6.07, 6.45) is -3.81. The maximum absolute atomic E-state index is 12.0. The maximum atomic E-state index is 12.0. The molecule has 0 heterocycles. The molecule has 39 heavy (non-hydrogen) atoms. The SMILES string of the molecule is CC(COC(=O)Oc1ccc([N+](=O)[O-])cc1Cl)OCC(C)OCC(C)OC(=O)Oc1ccc([N+](=O)[O-])cc1Cl. The average molecular weight is 591 g/mol. The third-order valence-electron chi connectivity index (χ3n) is 4.60. The number of ether oxygens (including phenoxy) is 6. The first-order chi connectivity index (χ1) is 18.3. The summed E-state index contributed by atoms with van der Waals surface area (Å²) in [4.78, 5) is 44.0. The van der Waals surface area contributed by atoms with E-state index < -0.39 is 40.5 Å². The third-order valence-corrected chi connectivity index (χ3v) is 5.19. The molecule has 0 aromatic heterocycles. The highest BCUT2D eigenvalue weighted by molar-refractivity contribution is 6.32. The summed E-state index contributed by atoms with van der Waals surface area (Å²) in [6, 6.07) is 6.70. The molecular formula is C23H24Cl2N2O12. The molecule has 2 aromatic rings. The lowest BCUT2D eigenvalue weighted by Gasteiger charge is -2.19. The minimum absolute atomic E-state index is 0.000817. The number of carbonyl (C=O) groups excluding carboxylic acids is 2. The van der Waals surface area contributed by atoms with Gasteiger partial charge in [0.1, 0.15) is 12.7 Å². The molecule has 212 valence electrons. The number of halogens is 2. The number of nitrogens with zero attached hydrogens (tertiary/aromatic N) is 2. The van der Waals surface area contributed by atoms with E-state index in [9.17, 15) is 29.8 Å². The van der Waals surface area contributed by atoms with Crippen molar-refractivity contribution in [1.29, 1.82) is 0 Å². The standard InChI is InChI=1S/C23H24Cl2N2O12/c1-13(35-12-15(3)37-23(29)39-21-7-5-17(27(32)33)9-19(21)25)10-34-14(2)11-36-22(28)38-20-6-4-16(26(30)31)8-18(20)24/h4-9,13-15H,10-12H2,1-3H3. The van der Waals surface area contributed by atoms with Gasteiger partial charge in [-0.1, -0.05) is 23.2 Å². The van der Waals surface area contributed by atoms with Crippen LogP contribution in [-0.2, 0) is 18.9 Å². The maximum Gasteiger partial charge on any atom is 0.514 e. The first-order valence-electron chi connectivity index (χ1n) is 11.2. The molecule has 0 spiro atoms. The van der Waals surface area contributed by atoms with Crippen LogP contribution in [0.25, 0.3) is 0 Å². The quantitative estimate of drug-likeness (QED) is 0.120. The Morgan fingerprint density at radius 1 is 0.744 bits per heavy atom. The molecule has 2 aromatic carbocycles. The molecule has 14 nitrogen and oxygen atoms in total. The minimum atomic E-state index is -1.07. The Hall–Kier alpha value is -3.72. The zero-order valence-electron chi connectivity index (χ0n) is 20.9. The molecule has 3 atom stereocenters. The molecule has 0 bridgehead atoms. The Balaban J connectivity index is 1.65. The van der Waals surface area contributed by atoms with Gasteiger partial charge in [0.05, 0.1) is 45.3 Å². The normalized spacial score (nSPS) is 13.1. The summed E-state index contributed by atoms with van der Waals surface area (Å²) in [5.74, 6) is -0.197. The van der Waals surface area contributed by atoms with Crippen LogP contribution in [0, 0.1) is 20.2 Å². The monoisotopic (exact) mass is 590 g/mol. The molecule has 0 saturated carbocycles. The van der Waals surface area contributed by atoms with Crippen LogP contribution in [-0.4, -0.2) is 60.3 Å². The zero-order valence-corrected chi connectivity index (χ0v) is 22.4. The molecule has 0 aliphatic carbocycles. The van der Waals surface area contributed by atoms with Crippen LogP contribution in [0.2, 0.25) is 10.0 Å². The summed E-state index contributed by atoms with van der Waals surface area (Å²) in [6.45, 7) is 4.87. The molecule has 16 heteroatoms. The second-order valence-electron chi connectivity index (χ2n) is 7.98. The molecule has 0 amide bonds. The number of nitro groups is 2. The van der Waals surface area contributed by atoms with Gasteiger partial charge in [-0.05, 0) is 32.9 Å². The highest BCUT2D eigenvalue weighted by atomic mass is 35.5. The predicted molar refractivity (Wildman–Crippen MR) is 136 cm³/mol. The van der Waals surface area contributed by atoms with Gasteiger partial charge in [0, 0.05) is 24.3 Å². The van der Waals surface area contributed by atoms with Gasteiger partial charge in [-0.3, -0.25) is 20.2 Å². The Morgan fingerprint density at radius 2 is 1.18 bits per heavy atom. The van der Waals surface area contributed by atoms with Crippen molar-refractivity contribution in [3.8, 4) is 11.5 Å². The van der Waals surface area contributed by atoms with Crippen LogP contribution in [0.4, 0.5) is 21.0 Å². The van der Waals surface area contributed by atoms with E-state index in [1.807, 2.05) is 0 Å². The molecule has 0 aliphatic heterocycles. The number of hydrogen-bond donors (Lipinski definition) is 0. The zero-order chi connectivity index (χ0) is 29.1. The fourth-order valence-electron chi connectivity index (χ4n) is 2.68. The number of nitro benzene ring substituents is 2. The Morgan fingerprint density at radius 3 is 1.64 bits per heavy atom. The van der Waals surface area contributed by atoms with Gasteiger partial charge in [-0.2, -0.15) is 0 Å². The minimum Gasteiger partial charge on any atom is -0.431 e. The second-order valence-corrected chi connectivity index (χ2v) is 8.79. The highest BCUT2D eigenvalue weighted by Gasteiger charge is 2.19. The van der Waals surface area contributed by atoms with Crippen molar-refractivity contribution >= 4 is 46.9 Å². The van der Waals surface area contributed by atoms with Crippen LogP contribution in [0.1, 0.15) is 20.8 Å². The first kappa shape index (κ1) is 31.5. The van der Waals surface area contributed by atoms with Crippen molar-refractivity contribution in [3.05, 3.63) is 66.7 Å². The summed E-state index contributed by atoms with van der Waals surface area (Å²) in [5.41, 5.74) is -0.515. The van der Waals surface area contributed by atoms with E-state index in [0.717, 1.165) is 24.3 Å². The smallest absolute Gasteiger partial charge is 0.431 e. The third kappa shape index (κ3) is 10.9. The van der Waals surface area contributed by atoms with E-state index in [4.69, 9.17) is 51.6 Å². The molecular weight excluding hydrogens is 567 g/mol. The second kappa shape index (κ2) is 15.0. The lowest BCUT2D eigenvalue weighted by atomic mass is 10.3. The van der Waals surface area contributed by atoms with Gasteiger partial charge in [0.2, 0.25) is 0 Å². The molecule has 0 radical (unpaired) electrons. The average Bonchev–Trinajstić information content (AvgIpc) is 2.87. The molecule has 0 N–H and O–H groups in total. The molecule has 3 unspecified atom stereocenters. The highest BCUT2D eigenvalue weighted by Crippen LogP contribution is 2.30. The van der Waals surface area contributed by atoms with Crippen LogP contribution < -0.4 is 9.47 Å². The van der Waals surface area contributed by atoms with Crippen LogP contribution in [0.3, 0.4) is 0 Å². The van der Waals surface area contributed by atoms with E-state index in [1.165, 1.54) is 12.1 Å². The number of hydrogen-bond acceptors (Lipinski definition) is 12. The van der Waals surface area contributed by atoms with E-state index in [2.05, 4.69) is 0 Å². The molecule has 2 rings (SSSR count). The summed E-state index contributed by atoms with van der Waals surface area (Å²) < 4.78 is 31.0. The van der Waals surface area contributed by atoms with Crippen molar-refractivity contribution in [1.82, 2.24) is 0 Å². The predicted octanol–water partition coefficient (Wildman–Crippen LogP) is 5.74. The summed E-state index contributed by atoms with van der Waals surface area (Å²) in [7, 11) is 0. The Bertz CT molecular complexity index is 1200. The molecule has 0 fully saturated rings. The van der Waals surface area contributed by atoms with Gasteiger partial charge >= 0.3 is 12.3 Å². The fraction of sp³-hybridized carbons (Fsp3) is 0.391. The summed E-state index contributed by atoms with van der Waals surface area (Å²) >= 11 is 11.7. The number of carbonyl (C=O) groups is 2. The van der Waals surface area contributed by atoms with Crippen molar-refractivity contribution in [3.63, 3.8) is 0 Å². The van der Waals surface area contributed by atoms with Gasteiger partial charge in [-0.15, -0.1) is 0 Å². The number of rotatable bonds is 13. The topological polar surface area (TPSA) is 176 Å². The first-order valence-corrected chi connectivity index (χ1v) is 12.0. The van der Waals surface area contributed by atoms with Crippen molar-refractivity contribution in [2.75, 3.05) is 19.8 Å². The largest absolute Gasteiger partial charge is 0.514 e. The van der Waals surface area contributed by atoms with Gasteiger partial charge in [0.15, 0.2) is 11.5 Å². The molecule has 0 aliphatic rings. The van der Waals surface area contributed by atoms with Crippen molar-refractivity contribution in [2.45, 2.75) is 39.1 Å². The van der Waals surface area contributed by atoms with E-state index in [0.29, 0.717) is 0 Å². The fourth-order valence-corrected chi connectivity index (χ4v) is 3.11. The van der Waals surface area contributed by atoms with Crippen molar-refractivity contribution in [2.24, 2.45) is 0 Å². The molecule has 0 saturated heterocycles. The number of non-ortho nitro benzene ring substituents is 2. The van der Waals surface area contributed by atoms with Gasteiger partial charge in [-0.25, -0.2) is 9.59 Å². The lowest BCUT2D eigenvalue weighted by molar-refractivity contribution is -0.385. The van der Waals surface area contributed by atoms with Crippen LogP contribution in [0.5, 0.6) is 11.5 Å². The van der Waals surface area contributed by atoms with E-state index in [1.54, 1.807) is 20.8 Å². The Labute approximate surface area is 231 Å². The Kier molecular flexibility index (Phi) is 12.1. The van der Waals surface area contributed by atoms with E-state index >= 15 is 0 Å². The van der Waals surface area contributed by atoms with Gasteiger partial charge < -0.3 is 28.4 Å². The lowest BCUT2D eigenvalue weighted by Crippen LogP contribution is -2.28. The summed E-state index contributed by atoms with van der Waals surface area (Å²) in [5, 5.41) is 21.2. The van der Waals surface area contributed by atoms with E-state index in [-0.39, 0.29) is 52.7 Å². The number of benzene rings is 2. The van der Waals surface area contributed by atoms with Gasteiger partial charge in [0.25, 0.3) is 11.4 Å².